The number of nitrogens with two attached hydrogens (primary N) is 2. The van der Waals surface area contributed by atoms with Crippen molar-refractivity contribution in [2.75, 3.05) is 6.54 Å². The summed E-state index contributed by atoms with van der Waals surface area (Å²) in [7, 11) is 0. The lowest BCUT2D eigenvalue weighted by molar-refractivity contribution is 0.0947. The van der Waals surface area contributed by atoms with Gasteiger partial charge in [0.1, 0.15) is 0 Å². The molecule has 0 aromatic heterocycles. The van der Waals surface area contributed by atoms with Crippen LogP contribution in [0.2, 0.25) is 0 Å². The van der Waals surface area contributed by atoms with Gasteiger partial charge in [0.15, 0.2) is 0 Å². The number of carbonyl (C=O) groups excluding carboxylic acids is 2. The normalized spacial score (nSPS) is 15.2. The van der Waals surface area contributed by atoms with Gasteiger partial charge in [0.05, 0.1) is 0 Å². The third kappa shape index (κ3) is 4.22. The van der Waals surface area contributed by atoms with E-state index < -0.39 is 5.91 Å². The fourth-order valence-electron chi connectivity index (χ4n) is 1.79. The molecule has 0 bridgehead atoms. The zero-order valence-electron chi connectivity index (χ0n) is 10.5. The van der Waals surface area contributed by atoms with E-state index in [4.69, 9.17) is 11.5 Å². The van der Waals surface area contributed by atoms with Crippen LogP contribution in [0, 0.1) is 5.92 Å². The Morgan fingerprint density at radius 1 is 1.21 bits per heavy atom. The molecule has 1 aliphatic rings. The number of benzene rings is 1. The Kier molecular flexibility index (Phi) is 5.32. The summed E-state index contributed by atoms with van der Waals surface area (Å²) in [6.07, 6.45) is 2.31. The van der Waals surface area contributed by atoms with Gasteiger partial charge in [-0.05, 0) is 43.0 Å². The lowest BCUT2D eigenvalue weighted by Gasteiger charge is -2.11. The van der Waals surface area contributed by atoms with Crippen LogP contribution < -0.4 is 16.8 Å². The van der Waals surface area contributed by atoms with Crippen molar-refractivity contribution in [1.29, 1.82) is 0 Å². The first-order valence-corrected chi connectivity index (χ1v) is 6.01. The van der Waals surface area contributed by atoms with Crippen LogP contribution in [0.25, 0.3) is 0 Å². The molecule has 6 heteroatoms. The smallest absolute Gasteiger partial charge is 0.251 e. The molecule has 1 atom stereocenters. The molecular weight excluding hydrogens is 266 g/mol. The topological polar surface area (TPSA) is 98.2 Å². The Labute approximate surface area is 118 Å². The van der Waals surface area contributed by atoms with Gasteiger partial charge in [0.2, 0.25) is 5.91 Å². The number of rotatable bonds is 5. The minimum absolute atomic E-state index is 0. The maximum Gasteiger partial charge on any atom is 0.251 e. The Balaban J connectivity index is 0.00000180. The number of carbonyl (C=O) groups is 2. The molecule has 1 aromatic carbocycles. The molecule has 1 fully saturated rings. The first kappa shape index (κ1) is 15.5. The lowest BCUT2D eigenvalue weighted by atomic mass is 10.1. The summed E-state index contributed by atoms with van der Waals surface area (Å²) in [5.74, 6) is -0.123. The van der Waals surface area contributed by atoms with Crippen LogP contribution in [0.5, 0.6) is 0 Å². The van der Waals surface area contributed by atoms with Crippen molar-refractivity contribution < 1.29 is 9.59 Å². The number of amides is 2. The summed E-state index contributed by atoms with van der Waals surface area (Å²) in [5.41, 5.74) is 11.9. The average molecular weight is 284 g/mol. The predicted octanol–water partition coefficient (Wildman–Crippen LogP) is 0.674. The first-order valence-electron chi connectivity index (χ1n) is 6.01. The molecule has 0 spiro atoms. The molecule has 0 aliphatic heterocycles. The molecule has 104 valence electrons. The lowest BCUT2D eigenvalue weighted by Crippen LogP contribution is -2.38. The molecule has 0 heterocycles. The third-order valence-corrected chi connectivity index (χ3v) is 3.16. The maximum absolute atomic E-state index is 11.8. The van der Waals surface area contributed by atoms with E-state index in [1.54, 1.807) is 12.1 Å². The van der Waals surface area contributed by atoms with Gasteiger partial charge in [0.25, 0.3) is 5.91 Å². The van der Waals surface area contributed by atoms with Gasteiger partial charge in [-0.2, -0.15) is 0 Å². The van der Waals surface area contributed by atoms with E-state index in [0.717, 1.165) is 12.8 Å². The number of halogens is 1. The Bertz CT molecular complexity index is 457. The Hall–Kier alpha value is -1.59. The summed E-state index contributed by atoms with van der Waals surface area (Å²) in [6.45, 7) is 0.487. The fourth-order valence-corrected chi connectivity index (χ4v) is 1.79. The van der Waals surface area contributed by atoms with Crippen LogP contribution >= 0.6 is 12.4 Å². The second kappa shape index (κ2) is 6.54. The van der Waals surface area contributed by atoms with E-state index in [2.05, 4.69) is 5.32 Å². The summed E-state index contributed by atoms with van der Waals surface area (Å²) in [4.78, 5) is 22.7. The minimum Gasteiger partial charge on any atom is -0.366 e. The van der Waals surface area contributed by atoms with E-state index >= 15 is 0 Å². The van der Waals surface area contributed by atoms with E-state index in [0.29, 0.717) is 23.6 Å². The summed E-state index contributed by atoms with van der Waals surface area (Å²) in [6, 6.07) is 6.28. The highest BCUT2D eigenvalue weighted by Gasteiger charge is 2.28. The van der Waals surface area contributed by atoms with Crippen LogP contribution in [-0.4, -0.2) is 24.4 Å². The van der Waals surface area contributed by atoms with E-state index in [9.17, 15) is 9.59 Å². The fraction of sp³-hybridized carbons (Fsp3) is 0.385. The van der Waals surface area contributed by atoms with Crippen LogP contribution in [0.3, 0.4) is 0 Å². The average Bonchev–Trinajstić information content (AvgIpc) is 3.20. The van der Waals surface area contributed by atoms with Crippen molar-refractivity contribution in [3.63, 3.8) is 0 Å². The van der Waals surface area contributed by atoms with Crippen molar-refractivity contribution in [2.45, 2.75) is 18.9 Å². The molecule has 1 aliphatic carbocycles. The van der Waals surface area contributed by atoms with Gasteiger partial charge in [-0.25, -0.2) is 0 Å². The minimum atomic E-state index is -0.502. The molecular formula is C13H18ClN3O2. The highest BCUT2D eigenvalue weighted by atomic mass is 35.5. The van der Waals surface area contributed by atoms with Crippen LogP contribution in [-0.2, 0) is 0 Å². The highest BCUT2D eigenvalue weighted by molar-refractivity contribution is 5.97. The van der Waals surface area contributed by atoms with Crippen molar-refractivity contribution in [3.8, 4) is 0 Å². The standard InChI is InChI=1S/C13H17N3O2.ClH/c14-11(8-1-2-8)7-16-13(18)10-5-3-9(4-6-10)12(15)17;/h3-6,8,11H,1-2,7,14H2,(H2,15,17)(H,16,18);1H. The second-order valence-electron chi connectivity index (χ2n) is 4.65. The zero-order valence-corrected chi connectivity index (χ0v) is 11.3. The highest BCUT2D eigenvalue weighted by Crippen LogP contribution is 2.31. The van der Waals surface area contributed by atoms with Gasteiger partial charge in [-0.3, -0.25) is 9.59 Å². The van der Waals surface area contributed by atoms with Crippen LogP contribution in [0.4, 0.5) is 0 Å². The Morgan fingerprint density at radius 2 is 1.74 bits per heavy atom. The van der Waals surface area contributed by atoms with E-state index in [1.807, 2.05) is 0 Å². The van der Waals surface area contributed by atoms with Gasteiger partial charge in [-0.15, -0.1) is 12.4 Å². The largest absolute Gasteiger partial charge is 0.366 e. The summed E-state index contributed by atoms with van der Waals surface area (Å²) in [5, 5.41) is 2.79. The molecule has 1 saturated carbocycles. The SMILES string of the molecule is Cl.NC(=O)c1ccc(C(=O)NCC(N)C2CC2)cc1. The van der Waals surface area contributed by atoms with Gasteiger partial charge in [0, 0.05) is 23.7 Å². The van der Waals surface area contributed by atoms with Crippen molar-refractivity contribution >= 4 is 24.2 Å². The van der Waals surface area contributed by atoms with Crippen LogP contribution in [0.15, 0.2) is 24.3 Å². The van der Waals surface area contributed by atoms with Crippen molar-refractivity contribution in [1.82, 2.24) is 5.32 Å². The van der Waals surface area contributed by atoms with Gasteiger partial charge < -0.3 is 16.8 Å². The number of primary amides is 1. The number of hydrogen-bond donors (Lipinski definition) is 3. The van der Waals surface area contributed by atoms with Gasteiger partial charge >= 0.3 is 0 Å². The summed E-state index contributed by atoms with van der Waals surface area (Å²) < 4.78 is 0. The molecule has 0 radical (unpaired) electrons. The van der Waals surface area contributed by atoms with Gasteiger partial charge in [-0.1, -0.05) is 0 Å². The molecule has 0 saturated heterocycles. The quantitative estimate of drug-likeness (QED) is 0.741. The molecule has 19 heavy (non-hydrogen) atoms. The van der Waals surface area contributed by atoms with Crippen molar-refractivity contribution in [2.24, 2.45) is 17.4 Å². The molecule has 2 amide bonds. The molecule has 1 aromatic rings. The van der Waals surface area contributed by atoms with Crippen molar-refractivity contribution in [3.05, 3.63) is 35.4 Å². The predicted molar refractivity (Wildman–Crippen MR) is 75.2 cm³/mol. The zero-order chi connectivity index (χ0) is 13.1. The maximum atomic E-state index is 11.8. The summed E-state index contributed by atoms with van der Waals surface area (Å²) >= 11 is 0. The van der Waals surface area contributed by atoms with Crippen LogP contribution in [0.1, 0.15) is 33.6 Å². The monoisotopic (exact) mass is 283 g/mol. The Morgan fingerprint density at radius 3 is 2.21 bits per heavy atom. The van der Waals surface area contributed by atoms with E-state index in [1.165, 1.54) is 12.1 Å². The van der Waals surface area contributed by atoms with E-state index in [-0.39, 0.29) is 24.4 Å². The first-order chi connectivity index (χ1) is 8.58. The molecule has 2 rings (SSSR count). The third-order valence-electron chi connectivity index (χ3n) is 3.16. The number of hydrogen-bond acceptors (Lipinski definition) is 3. The second-order valence-corrected chi connectivity index (χ2v) is 4.65. The molecule has 5 N–H and O–H groups in total. The molecule has 1 unspecified atom stereocenters. The molecule has 5 nitrogen and oxygen atoms in total. The number of nitrogens with one attached hydrogen (secondary N) is 1.